The summed E-state index contributed by atoms with van der Waals surface area (Å²) in [5.41, 5.74) is 11.9. The minimum absolute atomic E-state index is 0.795. The fourth-order valence-electron chi connectivity index (χ4n) is 7.09. The molecule has 10 rings (SSSR count). The highest BCUT2D eigenvalue weighted by Crippen LogP contribution is 2.38. The normalized spacial score (nSPS) is 11.5. The summed E-state index contributed by atoms with van der Waals surface area (Å²) in [4.78, 5) is 29.5. The summed E-state index contributed by atoms with van der Waals surface area (Å²) >= 11 is 0. The minimum atomic E-state index is 0.795. The van der Waals surface area contributed by atoms with Gasteiger partial charge in [0.1, 0.15) is 0 Å². The lowest BCUT2D eigenvalue weighted by molar-refractivity contribution is 1.22. The Morgan fingerprint density at radius 2 is 1.00 bits per heavy atom. The Bertz CT molecular complexity index is 2870. The number of hydrogen-bond acceptors (Lipinski definition) is 6. The molecule has 6 heteroatoms. The van der Waals surface area contributed by atoms with Gasteiger partial charge in [0.2, 0.25) is 0 Å². The largest absolute Gasteiger partial charge is 0.255 e. The molecule has 6 heterocycles. The molecule has 6 aromatic heterocycles. The van der Waals surface area contributed by atoms with E-state index in [2.05, 4.69) is 107 Å². The molecule has 0 aliphatic heterocycles. The maximum atomic E-state index is 5.27. The number of aromatic nitrogens is 6. The molecule has 0 unspecified atom stereocenters. The van der Waals surface area contributed by atoms with Crippen molar-refractivity contribution < 1.29 is 0 Å². The zero-order valence-electron chi connectivity index (χ0n) is 27.8. The number of fused-ring (bicyclic) bond motifs is 7. The van der Waals surface area contributed by atoms with Crippen molar-refractivity contribution in [3.05, 3.63) is 170 Å². The van der Waals surface area contributed by atoms with Gasteiger partial charge in [-0.15, -0.1) is 0 Å². The molecule has 0 aliphatic carbocycles. The monoisotopic (exact) mass is 664 g/mol. The zero-order chi connectivity index (χ0) is 34.4. The molecule has 0 aliphatic rings. The predicted molar refractivity (Wildman–Crippen MR) is 210 cm³/mol. The lowest BCUT2D eigenvalue weighted by Crippen LogP contribution is -1.95. The van der Waals surface area contributed by atoms with E-state index in [-0.39, 0.29) is 0 Å². The summed E-state index contributed by atoms with van der Waals surface area (Å²) in [5.74, 6) is 0. The van der Waals surface area contributed by atoms with Gasteiger partial charge in [-0.1, -0.05) is 109 Å². The molecule has 0 N–H and O–H groups in total. The zero-order valence-corrected chi connectivity index (χ0v) is 27.8. The summed E-state index contributed by atoms with van der Waals surface area (Å²) in [7, 11) is 0. The first-order valence-electron chi connectivity index (χ1n) is 17.2. The highest BCUT2D eigenvalue weighted by atomic mass is 14.8. The van der Waals surface area contributed by atoms with Crippen molar-refractivity contribution in [3.63, 3.8) is 0 Å². The fraction of sp³-hybridized carbons (Fsp3) is 0. The Labute approximate surface area is 299 Å². The van der Waals surface area contributed by atoms with E-state index in [1.165, 1.54) is 0 Å². The summed E-state index contributed by atoms with van der Waals surface area (Å²) in [6, 6.07) is 51.8. The van der Waals surface area contributed by atoms with Crippen molar-refractivity contribution in [3.8, 4) is 56.4 Å². The van der Waals surface area contributed by atoms with Gasteiger partial charge >= 0.3 is 0 Å². The molecule has 0 atom stereocenters. The predicted octanol–water partition coefficient (Wildman–Crippen LogP) is 11.0. The molecule has 0 saturated heterocycles. The van der Waals surface area contributed by atoms with Crippen LogP contribution in [0.1, 0.15) is 0 Å². The Morgan fingerprint density at radius 3 is 1.71 bits per heavy atom. The van der Waals surface area contributed by atoms with E-state index < -0.39 is 0 Å². The lowest BCUT2D eigenvalue weighted by atomic mass is 9.96. The third-order valence-corrected chi connectivity index (χ3v) is 9.60. The van der Waals surface area contributed by atoms with Crippen LogP contribution in [0.3, 0.4) is 0 Å². The smallest absolute Gasteiger partial charge is 0.0972 e. The maximum Gasteiger partial charge on any atom is 0.0972 e. The van der Waals surface area contributed by atoms with Crippen LogP contribution in [0.15, 0.2) is 170 Å². The number of benzene rings is 4. The van der Waals surface area contributed by atoms with Crippen molar-refractivity contribution >= 4 is 43.5 Å². The van der Waals surface area contributed by atoms with Gasteiger partial charge in [0.25, 0.3) is 0 Å². The van der Waals surface area contributed by atoms with E-state index in [0.717, 1.165) is 99.9 Å². The third-order valence-electron chi connectivity index (χ3n) is 9.60. The molecular formula is C46H28N6. The topological polar surface area (TPSA) is 77.3 Å². The molecular weight excluding hydrogens is 637 g/mol. The maximum absolute atomic E-state index is 5.27. The Hall–Kier alpha value is -7.18. The van der Waals surface area contributed by atoms with Gasteiger partial charge in [-0.2, -0.15) is 0 Å². The standard InChI is InChI=1S/C46H28N6/c1-2-10-30(11-3-1)37-23-21-32-20-22-36-43-34-12-4-5-13-35(34)44(52-42(43)28-49-46(36)45(32)51-37)31-18-16-29(17-19-31)33-26-40(38-14-6-8-24-47-38)50-41(27-33)39-15-7-9-25-48-39/h1-28H. The van der Waals surface area contributed by atoms with E-state index in [0.29, 0.717) is 0 Å². The minimum Gasteiger partial charge on any atom is -0.255 e. The average Bonchev–Trinajstić information content (AvgIpc) is 3.23. The third kappa shape index (κ3) is 5.13. The molecule has 242 valence electrons. The molecule has 4 aromatic carbocycles. The number of hydrogen-bond donors (Lipinski definition) is 0. The number of nitrogens with zero attached hydrogens (tertiary/aromatic N) is 6. The number of rotatable bonds is 5. The van der Waals surface area contributed by atoms with Gasteiger partial charge in [-0.25, -0.2) is 15.0 Å². The molecule has 10 aromatic rings. The van der Waals surface area contributed by atoms with Gasteiger partial charge in [-0.3, -0.25) is 15.0 Å². The van der Waals surface area contributed by atoms with Gasteiger partial charge < -0.3 is 0 Å². The Kier molecular flexibility index (Phi) is 7.03. The second kappa shape index (κ2) is 12.3. The highest BCUT2D eigenvalue weighted by Gasteiger charge is 2.16. The average molecular weight is 665 g/mol. The van der Waals surface area contributed by atoms with E-state index in [9.17, 15) is 0 Å². The lowest BCUT2D eigenvalue weighted by Gasteiger charge is -2.13. The van der Waals surface area contributed by atoms with Crippen molar-refractivity contribution in [2.24, 2.45) is 0 Å². The Morgan fingerprint density at radius 1 is 0.346 bits per heavy atom. The molecule has 0 fully saturated rings. The van der Waals surface area contributed by atoms with Crippen molar-refractivity contribution in [2.45, 2.75) is 0 Å². The summed E-state index contributed by atoms with van der Waals surface area (Å²) in [5, 5.41) is 5.39. The highest BCUT2D eigenvalue weighted by molar-refractivity contribution is 6.23. The van der Waals surface area contributed by atoms with Gasteiger partial charge in [-0.05, 0) is 59.0 Å². The second-order valence-corrected chi connectivity index (χ2v) is 12.8. The van der Waals surface area contributed by atoms with Crippen LogP contribution >= 0.6 is 0 Å². The van der Waals surface area contributed by atoms with Crippen LogP contribution < -0.4 is 0 Å². The van der Waals surface area contributed by atoms with Crippen LogP contribution in [-0.2, 0) is 0 Å². The summed E-state index contributed by atoms with van der Waals surface area (Å²) in [6.07, 6.45) is 5.48. The van der Waals surface area contributed by atoms with Crippen LogP contribution in [0.2, 0.25) is 0 Å². The number of pyridine rings is 6. The molecule has 0 radical (unpaired) electrons. The van der Waals surface area contributed by atoms with E-state index in [1.807, 2.05) is 60.8 Å². The van der Waals surface area contributed by atoms with Crippen molar-refractivity contribution in [1.29, 1.82) is 0 Å². The Balaban J connectivity index is 1.10. The summed E-state index contributed by atoms with van der Waals surface area (Å²) < 4.78 is 0. The van der Waals surface area contributed by atoms with E-state index >= 15 is 0 Å². The van der Waals surface area contributed by atoms with Crippen LogP contribution in [0.25, 0.3) is 99.9 Å². The fourth-order valence-corrected chi connectivity index (χ4v) is 7.09. The van der Waals surface area contributed by atoms with Crippen molar-refractivity contribution in [1.82, 2.24) is 29.9 Å². The summed E-state index contributed by atoms with van der Waals surface area (Å²) in [6.45, 7) is 0. The molecule has 6 nitrogen and oxygen atoms in total. The van der Waals surface area contributed by atoms with Crippen molar-refractivity contribution in [2.75, 3.05) is 0 Å². The quantitative estimate of drug-likeness (QED) is 0.170. The van der Waals surface area contributed by atoms with Crippen LogP contribution in [0.5, 0.6) is 0 Å². The SMILES string of the molecule is c1ccc(-c2ccc3ccc4c(ncc5nc(-c6ccc(-c7cc(-c8ccccn8)nc(-c8ccccn8)c7)cc6)c6ccccc6c54)c3n2)cc1. The molecule has 0 amide bonds. The van der Waals surface area contributed by atoms with E-state index in [1.54, 1.807) is 12.4 Å². The van der Waals surface area contributed by atoms with Crippen LogP contribution in [-0.4, -0.2) is 29.9 Å². The van der Waals surface area contributed by atoms with Gasteiger partial charge in [0.15, 0.2) is 0 Å². The van der Waals surface area contributed by atoms with Gasteiger partial charge in [0.05, 0.1) is 56.9 Å². The molecule has 52 heavy (non-hydrogen) atoms. The van der Waals surface area contributed by atoms with E-state index in [4.69, 9.17) is 19.9 Å². The van der Waals surface area contributed by atoms with Crippen LogP contribution in [0.4, 0.5) is 0 Å². The first-order chi connectivity index (χ1) is 25.8. The molecule has 0 bridgehead atoms. The molecule has 0 saturated carbocycles. The van der Waals surface area contributed by atoms with Gasteiger partial charge in [0, 0.05) is 45.1 Å². The first-order valence-corrected chi connectivity index (χ1v) is 17.2. The first kappa shape index (κ1) is 29.7. The van der Waals surface area contributed by atoms with Crippen LogP contribution in [0, 0.1) is 0 Å². The second-order valence-electron chi connectivity index (χ2n) is 12.8. The molecule has 0 spiro atoms.